The number of carbonyl (C=O) groups excluding carboxylic acids is 1. The number of ether oxygens (including phenoxy) is 1. The molecule has 1 atom stereocenters. The van der Waals surface area contributed by atoms with Gasteiger partial charge in [-0.25, -0.2) is 0 Å². The molecule has 0 spiro atoms. The summed E-state index contributed by atoms with van der Waals surface area (Å²) in [7, 11) is 0. The van der Waals surface area contributed by atoms with Gasteiger partial charge in [0, 0.05) is 18.0 Å². The van der Waals surface area contributed by atoms with Gasteiger partial charge in [-0.15, -0.1) is 11.8 Å². The number of halogens is 1. The number of carbonyl (C=O) groups is 1. The molecular weight excluding hydrogens is 286 g/mol. The summed E-state index contributed by atoms with van der Waals surface area (Å²) >= 11 is 7.47. The maximum absolute atomic E-state index is 12.1. The Morgan fingerprint density at radius 2 is 2.32 bits per heavy atom. The molecule has 0 aromatic heterocycles. The smallest absolute Gasteiger partial charge is 0.233 e. The van der Waals surface area contributed by atoms with E-state index in [2.05, 4.69) is 0 Å². The van der Waals surface area contributed by atoms with Crippen LogP contribution in [-0.2, 0) is 9.53 Å². The van der Waals surface area contributed by atoms with Crippen LogP contribution in [0.1, 0.15) is 0 Å². The first kappa shape index (κ1) is 14.7. The molecule has 4 nitrogen and oxygen atoms in total. The van der Waals surface area contributed by atoms with Gasteiger partial charge in [-0.05, 0) is 12.1 Å². The van der Waals surface area contributed by atoms with Crippen LogP contribution in [0.25, 0.3) is 0 Å². The molecule has 0 bridgehead atoms. The van der Waals surface area contributed by atoms with E-state index >= 15 is 0 Å². The lowest BCUT2D eigenvalue weighted by molar-refractivity contribution is -0.137. The average molecular weight is 302 g/mol. The lowest BCUT2D eigenvalue weighted by Gasteiger charge is -2.32. The van der Waals surface area contributed by atoms with E-state index in [1.807, 2.05) is 24.3 Å². The quantitative estimate of drug-likeness (QED) is 0.859. The van der Waals surface area contributed by atoms with Gasteiger partial charge in [0.1, 0.15) is 0 Å². The van der Waals surface area contributed by atoms with Gasteiger partial charge in [0.25, 0.3) is 0 Å². The normalized spacial score (nSPS) is 19.5. The number of morpholine rings is 1. The Hall–Kier alpha value is -0.750. The maximum Gasteiger partial charge on any atom is 0.233 e. The van der Waals surface area contributed by atoms with Crippen molar-refractivity contribution in [3.8, 4) is 0 Å². The highest BCUT2D eigenvalue weighted by molar-refractivity contribution is 8.00. The third kappa shape index (κ3) is 4.11. The summed E-state index contributed by atoms with van der Waals surface area (Å²) in [6.45, 7) is 1.46. The second-order valence-electron chi connectivity index (χ2n) is 4.23. The average Bonchev–Trinajstić information content (AvgIpc) is 2.46. The molecule has 1 aliphatic heterocycles. The van der Waals surface area contributed by atoms with Crippen LogP contribution >= 0.6 is 23.4 Å². The van der Waals surface area contributed by atoms with Crippen molar-refractivity contribution < 1.29 is 14.6 Å². The third-order valence-corrected chi connectivity index (χ3v) is 4.38. The SMILES string of the molecule is O=C(CSc1ccccc1Cl)N1CCOC(CO)C1. The first-order chi connectivity index (χ1) is 9.20. The zero-order chi connectivity index (χ0) is 13.7. The van der Waals surface area contributed by atoms with Crippen LogP contribution in [0.5, 0.6) is 0 Å². The van der Waals surface area contributed by atoms with Crippen molar-refractivity contribution in [2.45, 2.75) is 11.0 Å². The van der Waals surface area contributed by atoms with Crippen LogP contribution in [0.3, 0.4) is 0 Å². The Morgan fingerprint density at radius 1 is 1.53 bits per heavy atom. The first-order valence-electron chi connectivity index (χ1n) is 6.08. The molecule has 1 fully saturated rings. The molecule has 0 radical (unpaired) electrons. The number of hydrogen-bond donors (Lipinski definition) is 1. The van der Waals surface area contributed by atoms with Crippen molar-refractivity contribution in [1.29, 1.82) is 0 Å². The molecule has 2 rings (SSSR count). The lowest BCUT2D eigenvalue weighted by atomic mass is 10.3. The molecular formula is C13H16ClNO3S. The molecule has 104 valence electrons. The summed E-state index contributed by atoms with van der Waals surface area (Å²) in [6, 6.07) is 7.47. The Morgan fingerprint density at radius 3 is 3.05 bits per heavy atom. The highest BCUT2D eigenvalue weighted by atomic mass is 35.5. The molecule has 6 heteroatoms. The molecule has 1 unspecified atom stereocenters. The molecule has 19 heavy (non-hydrogen) atoms. The predicted molar refractivity (Wildman–Crippen MR) is 75.6 cm³/mol. The molecule has 1 heterocycles. The van der Waals surface area contributed by atoms with Crippen LogP contribution in [0.2, 0.25) is 5.02 Å². The van der Waals surface area contributed by atoms with Gasteiger partial charge in [-0.2, -0.15) is 0 Å². The Balaban J connectivity index is 1.86. The standard InChI is InChI=1S/C13H16ClNO3S/c14-11-3-1-2-4-12(11)19-9-13(17)15-5-6-18-10(7-15)8-16/h1-4,10,16H,5-9H2. The maximum atomic E-state index is 12.1. The van der Waals surface area contributed by atoms with E-state index in [0.29, 0.717) is 30.5 Å². The van der Waals surface area contributed by atoms with Crippen molar-refractivity contribution in [3.05, 3.63) is 29.3 Å². The summed E-state index contributed by atoms with van der Waals surface area (Å²) in [5.41, 5.74) is 0. The summed E-state index contributed by atoms with van der Waals surface area (Å²) in [5.74, 6) is 0.397. The van der Waals surface area contributed by atoms with E-state index in [9.17, 15) is 4.79 Å². The number of aliphatic hydroxyl groups is 1. The summed E-state index contributed by atoms with van der Waals surface area (Å²) in [5, 5.41) is 9.71. The molecule has 0 aliphatic carbocycles. The predicted octanol–water partition coefficient (Wildman–Crippen LogP) is 1.65. The van der Waals surface area contributed by atoms with Crippen LogP contribution in [0.4, 0.5) is 0 Å². The van der Waals surface area contributed by atoms with E-state index in [4.69, 9.17) is 21.4 Å². The van der Waals surface area contributed by atoms with Crippen molar-refractivity contribution >= 4 is 29.3 Å². The Kier molecular flexibility index (Phi) is 5.51. The van der Waals surface area contributed by atoms with Crippen molar-refractivity contribution in [2.24, 2.45) is 0 Å². The number of amides is 1. The number of rotatable bonds is 4. The van der Waals surface area contributed by atoms with E-state index in [1.54, 1.807) is 4.90 Å². The van der Waals surface area contributed by atoms with Gasteiger partial charge in [0.15, 0.2) is 0 Å². The first-order valence-corrected chi connectivity index (χ1v) is 7.44. The van der Waals surface area contributed by atoms with E-state index in [-0.39, 0.29) is 18.6 Å². The number of benzene rings is 1. The molecule has 1 aliphatic rings. The van der Waals surface area contributed by atoms with Crippen molar-refractivity contribution in [1.82, 2.24) is 4.90 Å². The van der Waals surface area contributed by atoms with Crippen LogP contribution in [0, 0.1) is 0 Å². The molecule has 1 saturated heterocycles. The van der Waals surface area contributed by atoms with Crippen LogP contribution < -0.4 is 0 Å². The molecule has 1 aromatic carbocycles. The van der Waals surface area contributed by atoms with Crippen LogP contribution in [0.15, 0.2) is 29.2 Å². The van der Waals surface area contributed by atoms with Crippen molar-refractivity contribution in [3.63, 3.8) is 0 Å². The molecule has 1 N–H and O–H groups in total. The largest absolute Gasteiger partial charge is 0.394 e. The van der Waals surface area contributed by atoms with Crippen molar-refractivity contribution in [2.75, 3.05) is 32.1 Å². The number of thioether (sulfide) groups is 1. The number of aliphatic hydroxyl groups excluding tert-OH is 1. The summed E-state index contributed by atoms with van der Waals surface area (Å²) < 4.78 is 5.32. The van der Waals surface area contributed by atoms with Gasteiger partial charge in [-0.1, -0.05) is 23.7 Å². The second-order valence-corrected chi connectivity index (χ2v) is 5.66. The van der Waals surface area contributed by atoms with Gasteiger partial charge >= 0.3 is 0 Å². The van der Waals surface area contributed by atoms with Gasteiger partial charge in [0.05, 0.1) is 30.1 Å². The minimum atomic E-state index is -0.261. The second kappa shape index (κ2) is 7.14. The highest BCUT2D eigenvalue weighted by Gasteiger charge is 2.23. The fraction of sp³-hybridized carbons (Fsp3) is 0.462. The van der Waals surface area contributed by atoms with Gasteiger partial charge in [-0.3, -0.25) is 4.79 Å². The van der Waals surface area contributed by atoms with Crippen LogP contribution in [-0.4, -0.2) is 54.1 Å². The number of nitrogens with zero attached hydrogens (tertiary/aromatic N) is 1. The molecule has 0 saturated carbocycles. The minimum absolute atomic E-state index is 0.0478. The zero-order valence-corrected chi connectivity index (χ0v) is 12.0. The fourth-order valence-corrected chi connectivity index (χ4v) is 2.99. The number of hydrogen-bond acceptors (Lipinski definition) is 4. The monoisotopic (exact) mass is 301 g/mol. The van der Waals surface area contributed by atoms with Gasteiger partial charge in [0.2, 0.25) is 5.91 Å². The third-order valence-electron chi connectivity index (χ3n) is 2.88. The fourth-order valence-electron chi connectivity index (χ4n) is 1.85. The zero-order valence-electron chi connectivity index (χ0n) is 10.4. The lowest BCUT2D eigenvalue weighted by Crippen LogP contribution is -2.47. The minimum Gasteiger partial charge on any atom is -0.394 e. The highest BCUT2D eigenvalue weighted by Crippen LogP contribution is 2.26. The molecule has 1 aromatic rings. The summed E-state index contributed by atoms with van der Waals surface area (Å²) in [6.07, 6.45) is -0.261. The van der Waals surface area contributed by atoms with Gasteiger partial charge < -0.3 is 14.7 Å². The topological polar surface area (TPSA) is 49.8 Å². The van der Waals surface area contributed by atoms with E-state index < -0.39 is 0 Å². The Bertz CT molecular complexity index is 444. The van der Waals surface area contributed by atoms with E-state index in [1.165, 1.54) is 11.8 Å². The Labute approximate surface area is 121 Å². The summed E-state index contributed by atoms with van der Waals surface area (Å²) in [4.78, 5) is 14.7. The molecule has 1 amide bonds. The van der Waals surface area contributed by atoms with E-state index in [0.717, 1.165) is 4.90 Å².